The zero-order valence-corrected chi connectivity index (χ0v) is 20.5. The van der Waals surface area contributed by atoms with Gasteiger partial charge in [0.1, 0.15) is 11.3 Å². The Kier molecular flexibility index (Phi) is 6.75. The fourth-order valence-electron chi connectivity index (χ4n) is 5.40. The lowest BCUT2D eigenvalue weighted by atomic mass is 9.96. The van der Waals surface area contributed by atoms with Crippen LogP contribution >= 0.6 is 0 Å². The average Bonchev–Trinajstić information content (AvgIpc) is 3.32. The van der Waals surface area contributed by atoms with Gasteiger partial charge in [-0.2, -0.15) is 0 Å². The van der Waals surface area contributed by atoms with Crippen molar-refractivity contribution in [2.75, 3.05) is 19.7 Å². The Bertz CT molecular complexity index is 1140. The first kappa shape index (κ1) is 23.4. The molecule has 2 aliphatic rings. The van der Waals surface area contributed by atoms with E-state index in [0.29, 0.717) is 24.4 Å². The lowest BCUT2D eigenvalue weighted by Crippen LogP contribution is -2.49. The lowest BCUT2D eigenvalue weighted by molar-refractivity contribution is -0.139. The topological polar surface area (TPSA) is 75.9 Å². The van der Waals surface area contributed by atoms with Crippen LogP contribution in [-0.2, 0) is 4.79 Å². The van der Waals surface area contributed by atoms with Gasteiger partial charge in [0.2, 0.25) is 0 Å². The van der Waals surface area contributed by atoms with Crippen LogP contribution in [0.5, 0.6) is 5.75 Å². The second-order valence-corrected chi connectivity index (χ2v) is 9.83. The molecule has 0 aliphatic carbocycles. The molecule has 0 saturated carbocycles. The molecule has 5 rings (SSSR count). The number of carbonyl (C=O) groups is 2. The van der Waals surface area contributed by atoms with E-state index in [9.17, 15) is 9.59 Å². The van der Waals surface area contributed by atoms with Crippen LogP contribution in [0, 0.1) is 0 Å². The van der Waals surface area contributed by atoms with Crippen molar-refractivity contribution in [2.45, 2.75) is 64.0 Å². The molecule has 7 nitrogen and oxygen atoms in total. The van der Waals surface area contributed by atoms with E-state index in [1.54, 1.807) is 24.3 Å². The summed E-state index contributed by atoms with van der Waals surface area (Å²) in [5, 5.41) is 0. The fraction of sp³-hybridized carbons (Fsp3) is 0.464. The summed E-state index contributed by atoms with van der Waals surface area (Å²) < 4.78 is 11.7. The number of oxazole rings is 1. The highest BCUT2D eigenvalue weighted by Crippen LogP contribution is 2.30. The molecular formula is C28H33N3O4. The van der Waals surface area contributed by atoms with Crippen LogP contribution in [0.4, 0.5) is 0 Å². The van der Waals surface area contributed by atoms with Crippen molar-refractivity contribution in [1.29, 1.82) is 0 Å². The van der Waals surface area contributed by atoms with Crippen LogP contribution in [0.25, 0.3) is 11.1 Å². The minimum absolute atomic E-state index is 0.0135. The van der Waals surface area contributed by atoms with E-state index in [0.717, 1.165) is 49.1 Å². The molecule has 2 amide bonds. The molecule has 1 aromatic heterocycles. The minimum Gasteiger partial charge on any atom is -0.484 e. The maximum absolute atomic E-state index is 13.0. The zero-order chi connectivity index (χ0) is 24.4. The summed E-state index contributed by atoms with van der Waals surface area (Å²) in [4.78, 5) is 34.2. The van der Waals surface area contributed by atoms with Gasteiger partial charge in [0.15, 0.2) is 18.1 Å². The van der Waals surface area contributed by atoms with Gasteiger partial charge in [-0.15, -0.1) is 0 Å². The van der Waals surface area contributed by atoms with Gasteiger partial charge in [-0.1, -0.05) is 12.1 Å². The normalized spacial score (nSPS) is 21.3. The molecule has 2 aliphatic heterocycles. The Morgan fingerprint density at radius 2 is 1.66 bits per heavy atom. The third-order valence-electron chi connectivity index (χ3n) is 7.39. The number of benzene rings is 2. The molecule has 35 heavy (non-hydrogen) atoms. The molecule has 0 unspecified atom stereocenters. The third kappa shape index (κ3) is 5.04. The number of rotatable bonds is 5. The number of ether oxygens (including phenoxy) is 1. The summed E-state index contributed by atoms with van der Waals surface area (Å²) in [6.45, 7) is 5.56. The summed E-state index contributed by atoms with van der Waals surface area (Å²) in [6.07, 6.45) is 4.90. The Labute approximate surface area is 206 Å². The summed E-state index contributed by atoms with van der Waals surface area (Å²) in [6, 6.07) is 15.4. The molecule has 2 aromatic carbocycles. The van der Waals surface area contributed by atoms with E-state index in [-0.39, 0.29) is 36.4 Å². The van der Waals surface area contributed by atoms with Gasteiger partial charge in [0.25, 0.3) is 11.8 Å². The molecule has 0 bridgehead atoms. The van der Waals surface area contributed by atoms with Gasteiger partial charge in [-0.05, 0) is 82.3 Å². The van der Waals surface area contributed by atoms with Gasteiger partial charge in [-0.3, -0.25) is 9.59 Å². The molecule has 0 spiro atoms. The van der Waals surface area contributed by atoms with Gasteiger partial charge in [0.05, 0.1) is 0 Å². The largest absolute Gasteiger partial charge is 0.484 e. The quantitative estimate of drug-likeness (QED) is 0.518. The Balaban J connectivity index is 1.13. The van der Waals surface area contributed by atoms with Gasteiger partial charge in [0, 0.05) is 36.7 Å². The Hall–Kier alpha value is -3.35. The average molecular weight is 476 g/mol. The van der Waals surface area contributed by atoms with Crippen LogP contribution in [0.2, 0.25) is 0 Å². The van der Waals surface area contributed by atoms with Crippen LogP contribution < -0.4 is 4.74 Å². The standard InChI is InChI=1S/C28H33N3O4/c1-19-6-5-7-20(2)31(19)26(32)18-34-23-12-10-22(11-13-23)28(33)30-16-14-21(15-17-30)27-29-24-8-3-4-9-25(24)35-27/h3-4,8-13,19-21H,5-7,14-18H2,1-2H3/t19-,20-/m1/s1. The maximum atomic E-state index is 13.0. The van der Waals surface area contributed by atoms with E-state index in [4.69, 9.17) is 9.15 Å². The Morgan fingerprint density at radius 3 is 2.34 bits per heavy atom. The van der Waals surface area contributed by atoms with E-state index in [2.05, 4.69) is 18.8 Å². The smallest absolute Gasteiger partial charge is 0.260 e. The molecule has 3 heterocycles. The number of likely N-dealkylation sites (tertiary alicyclic amines) is 2. The number of carbonyl (C=O) groups excluding carboxylic acids is 2. The van der Waals surface area contributed by atoms with Crippen LogP contribution in [0.3, 0.4) is 0 Å². The number of aromatic nitrogens is 1. The molecular weight excluding hydrogens is 442 g/mol. The van der Waals surface area contributed by atoms with Crippen molar-refractivity contribution < 1.29 is 18.7 Å². The van der Waals surface area contributed by atoms with Crippen molar-refractivity contribution in [1.82, 2.24) is 14.8 Å². The number of fused-ring (bicyclic) bond motifs is 1. The minimum atomic E-state index is 0.0135. The van der Waals surface area contributed by atoms with Gasteiger partial charge < -0.3 is 19.0 Å². The second kappa shape index (κ2) is 10.1. The van der Waals surface area contributed by atoms with Gasteiger partial charge >= 0.3 is 0 Å². The number of para-hydroxylation sites is 2. The lowest BCUT2D eigenvalue weighted by Gasteiger charge is -2.38. The van der Waals surface area contributed by atoms with E-state index in [1.165, 1.54) is 0 Å². The fourth-order valence-corrected chi connectivity index (χ4v) is 5.40. The van der Waals surface area contributed by atoms with Crippen molar-refractivity contribution in [3.8, 4) is 5.75 Å². The molecule has 3 aromatic rings. The highest BCUT2D eigenvalue weighted by molar-refractivity contribution is 5.94. The first-order chi connectivity index (χ1) is 17.0. The van der Waals surface area contributed by atoms with Crippen molar-refractivity contribution >= 4 is 22.9 Å². The predicted molar refractivity (Wildman–Crippen MR) is 133 cm³/mol. The summed E-state index contributed by atoms with van der Waals surface area (Å²) in [5.74, 6) is 1.63. The van der Waals surface area contributed by atoms with Crippen LogP contribution in [0.1, 0.15) is 68.1 Å². The zero-order valence-electron chi connectivity index (χ0n) is 20.5. The number of amides is 2. The van der Waals surface area contributed by atoms with Crippen molar-refractivity contribution in [2.24, 2.45) is 0 Å². The molecule has 2 atom stereocenters. The summed E-state index contributed by atoms with van der Waals surface area (Å²) in [5.41, 5.74) is 2.32. The summed E-state index contributed by atoms with van der Waals surface area (Å²) in [7, 11) is 0. The first-order valence-electron chi connectivity index (χ1n) is 12.7. The highest BCUT2D eigenvalue weighted by Gasteiger charge is 2.29. The highest BCUT2D eigenvalue weighted by atomic mass is 16.5. The van der Waals surface area contributed by atoms with Crippen molar-refractivity contribution in [3.63, 3.8) is 0 Å². The number of hydrogen-bond donors (Lipinski definition) is 0. The van der Waals surface area contributed by atoms with Crippen molar-refractivity contribution in [3.05, 3.63) is 60.0 Å². The number of hydrogen-bond acceptors (Lipinski definition) is 5. The maximum Gasteiger partial charge on any atom is 0.260 e. The van der Waals surface area contributed by atoms with E-state index in [1.807, 2.05) is 34.1 Å². The Morgan fingerprint density at radius 1 is 0.971 bits per heavy atom. The molecule has 0 N–H and O–H groups in total. The second-order valence-electron chi connectivity index (χ2n) is 9.83. The van der Waals surface area contributed by atoms with Crippen LogP contribution in [0.15, 0.2) is 52.9 Å². The number of piperidine rings is 2. The molecule has 0 radical (unpaired) electrons. The molecule has 184 valence electrons. The third-order valence-corrected chi connectivity index (χ3v) is 7.39. The molecule has 2 fully saturated rings. The van der Waals surface area contributed by atoms with E-state index >= 15 is 0 Å². The predicted octanol–water partition coefficient (Wildman–Crippen LogP) is 5.02. The SMILES string of the molecule is C[C@@H]1CCC[C@@H](C)N1C(=O)COc1ccc(C(=O)N2CCC(c3nc4ccccc4o3)CC2)cc1. The van der Waals surface area contributed by atoms with Crippen LogP contribution in [-0.4, -0.2) is 58.4 Å². The summed E-state index contributed by atoms with van der Waals surface area (Å²) >= 11 is 0. The first-order valence-corrected chi connectivity index (χ1v) is 12.7. The monoisotopic (exact) mass is 475 g/mol. The molecule has 7 heteroatoms. The van der Waals surface area contributed by atoms with Gasteiger partial charge in [-0.25, -0.2) is 4.98 Å². The van der Waals surface area contributed by atoms with E-state index < -0.39 is 0 Å². The molecule has 2 saturated heterocycles. The number of nitrogens with zero attached hydrogens (tertiary/aromatic N) is 3.